The van der Waals surface area contributed by atoms with Crippen LogP contribution in [0.5, 0.6) is 0 Å². The summed E-state index contributed by atoms with van der Waals surface area (Å²) in [5.74, 6) is 0. The molecule has 1 amide bonds. The van der Waals surface area contributed by atoms with Gasteiger partial charge in [0, 0.05) is 18.8 Å². The van der Waals surface area contributed by atoms with Gasteiger partial charge in [0.05, 0.1) is 11.8 Å². The highest BCUT2D eigenvalue weighted by molar-refractivity contribution is 5.70. The summed E-state index contributed by atoms with van der Waals surface area (Å²) in [6.07, 6.45) is 3.88. The first kappa shape index (κ1) is 15.3. The van der Waals surface area contributed by atoms with Gasteiger partial charge in [-0.25, -0.2) is 14.8 Å². The number of hydrogen-bond acceptors (Lipinski definition) is 4. The lowest BCUT2D eigenvalue weighted by molar-refractivity contribution is 0.0498. The van der Waals surface area contributed by atoms with Crippen molar-refractivity contribution in [3.8, 4) is 0 Å². The van der Waals surface area contributed by atoms with E-state index in [2.05, 4.69) is 15.3 Å². The van der Waals surface area contributed by atoms with Gasteiger partial charge in [0.1, 0.15) is 5.60 Å². The van der Waals surface area contributed by atoms with Crippen LogP contribution in [0.4, 0.5) is 4.79 Å². The van der Waals surface area contributed by atoms with Crippen LogP contribution in [-0.2, 0) is 11.3 Å². The van der Waals surface area contributed by atoms with Crippen LogP contribution < -0.4 is 5.32 Å². The van der Waals surface area contributed by atoms with Crippen LogP contribution in [0.25, 0.3) is 11.2 Å². The molecule has 6 heteroatoms. The summed E-state index contributed by atoms with van der Waals surface area (Å²) in [6.45, 7) is 8.21. The molecule has 1 atom stereocenters. The van der Waals surface area contributed by atoms with Crippen molar-refractivity contribution in [3.05, 3.63) is 24.7 Å². The highest BCUT2D eigenvalue weighted by Gasteiger charge is 2.19. The number of rotatable bonds is 4. The van der Waals surface area contributed by atoms with Crippen molar-refractivity contribution < 1.29 is 9.53 Å². The maximum absolute atomic E-state index is 11.8. The van der Waals surface area contributed by atoms with Crippen LogP contribution in [0, 0.1) is 0 Å². The molecule has 0 fully saturated rings. The average Bonchev–Trinajstić information content (AvgIpc) is 2.79. The summed E-state index contributed by atoms with van der Waals surface area (Å²) in [7, 11) is 0. The molecule has 1 N–H and O–H groups in total. The van der Waals surface area contributed by atoms with Crippen LogP contribution in [0.15, 0.2) is 24.7 Å². The number of nitrogens with one attached hydrogen (secondary N) is 1. The second-order valence-electron chi connectivity index (χ2n) is 5.99. The predicted octanol–water partition coefficient (Wildman–Crippen LogP) is 2.73. The Morgan fingerprint density at radius 3 is 2.86 bits per heavy atom. The Hall–Kier alpha value is -2.11. The Kier molecular flexibility index (Phi) is 4.45. The average molecular weight is 290 g/mol. The van der Waals surface area contributed by atoms with Crippen molar-refractivity contribution in [2.24, 2.45) is 0 Å². The number of amides is 1. The summed E-state index contributed by atoms with van der Waals surface area (Å²) in [5, 5.41) is 2.90. The number of fused-ring (bicyclic) bond motifs is 1. The van der Waals surface area contributed by atoms with E-state index in [-0.39, 0.29) is 6.04 Å². The second kappa shape index (κ2) is 6.11. The molecular formula is C15H22N4O2. The molecule has 21 heavy (non-hydrogen) atoms. The third-order valence-corrected chi connectivity index (χ3v) is 3.03. The van der Waals surface area contributed by atoms with Gasteiger partial charge in [-0.3, -0.25) is 0 Å². The largest absolute Gasteiger partial charge is 0.444 e. The van der Waals surface area contributed by atoms with Crippen LogP contribution in [0.1, 0.15) is 34.1 Å². The van der Waals surface area contributed by atoms with Crippen molar-refractivity contribution in [2.75, 3.05) is 0 Å². The highest BCUT2D eigenvalue weighted by Crippen LogP contribution is 2.11. The summed E-state index contributed by atoms with van der Waals surface area (Å²) in [5.41, 5.74) is 1.18. The number of carbonyl (C=O) groups excluding carboxylic acids is 1. The Bertz CT molecular complexity index is 615. The van der Waals surface area contributed by atoms with Gasteiger partial charge in [-0.15, -0.1) is 0 Å². The smallest absolute Gasteiger partial charge is 0.407 e. The molecule has 2 rings (SSSR count). The molecule has 0 aliphatic rings. The zero-order valence-corrected chi connectivity index (χ0v) is 13.0. The number of alkyl carbamates (subject to hydrolysis) is 1. The molecule has 114 valence electrons. The first-order chi connectivity index (χ1) is 9.89. The van der Waals surface area contributed by atoms with Crippen LogP contribution in [0.2, 0.25) is 0 Å². The summed E-state index contributed by atoms with van der Waals surface area (Å²) >= 11 is 0. The lowest BCUT2D eigenvalue weighted by Gasteiger charge is -2.23. The van der Waals surface area contributed by atoms with Crippen molar-refractivity contribution in [1.82, 2.24) is 19.9 Å². The zero-order valence-electron chi connectivity index (χ0n) is 13.0. The van der Waals surface area contributed by atoms with Gasteiger partial charge >= 0.3 is 6.09 Å². The highest BCUT2D eigenvalue weighted by atomic mass is 16.6. The quantitative estimate of drug-likeness (QED) is 0.940. The maximum atomic E-state index is 11.8. The topological polar surface area (TPSA) is 69.0 Å². The molecule has 0 aliphatic heterocycles. The van der Waals surface area contributed by atoms with E-state index in [4.69, 9.17) is 4.74 Å². The molecule has 2 aromatic rings. The molecule has 0 saturated heterocycles. The predicted molar refractivity (Wildman–Crippen MR) is 81.0 cm³/mol. The molecule has 0 bridgehead atoms. The Balaban J connectivity index is 2.04. The molecule has 0 spiro atoms. The minimum atomic E-state index is -0.492. The monoisotopic (exact) mass is 290 g/mol. The van der Waals surface area contributed by atoms with Gasteiger partial charge in [0.2, 0.25) is 0 Å². The lowest BCUT2D eigenvalue weighted by Crippen LogP contribution is -2.40. The third-order valence-electron chi connectivity index (χ3n) is 3.03. The summed E-state index contributed by atoms with van der Waals surface area (Å²) < 4.78 is 7.28. The van der Waals surface area contributed by atoms with E-state index < -0.39 is 11.7 Å². The van der Waals surface area contributed by atoms with Crippen molar-refractivity contribution in [1.29, 1.82) is 0 Å². The van der Waals surface area contributed by atoms with E-state index in [0.29, 0.717) is 12.2 Å². The fourth-order valence-electron chi connectivity index (χ4n) is 2.03. The van der Waals surface area contributed by atoms with Crippen LogP contribution in [0.3, 0.4) is 0 Å². The van der Waals surface area contributed by atoms with E-state index in [1.807, 2.05) is 44.4 Å². The van der Waals surface area contributed by atoms with Gasteiger partial charge in [0.15, 0.2) is 5.65 Å². The Morgan fingerprint density at radius 2 is 2.19 bits per heavy atom. The van der Waals surface area contributed by atoms with E-state index in [1.165, 1.54) is 0 Å². The molecule has 0 unspecified atom stereocenters. The number of aromatic nitrogens is 3. The molecular weight excluding hydrogens is 268 g/mol. The molecule has 0 radical (unpaired) electrons. The second-order valence-corrected chi connectivity index (χ2v) is 5.99. The van der Waals surface area contributed by atoms with Crippen molar-refractivity contribution in [2.45, 2.75) is 52.3 Å². The molecule has 0 saturated carbocycles. The number of carbonyl (C=O) groups is 1. The van der Waals surface area contributed by atoms with Gasteiger partial charge in [-0.05, 0) is 39.3 Å². The van der Waals surface area contributed by atoms with Gasteiger partial charge in [-0.2, -0.15) is 0 Å². The molecule has 0 aliphatic carbocycles. The van der Waals surface area contributed by atoms with Gasteiger partial charge < -0.3 is 14.6 Å². The van der Waals surface area contributed by atoms with E-state index in [1.54, 1.807) is 12.5 Å². The SMILES string of the molecule is CC[C@@H](Cn1cnc2ncccc21)NC(=O)OC(C)(C)C. The molecule has 6 nitrogen and oxygen atoms in total. The number of imidazole rings is 1. The van der Waals surface area contributed by atoms with Crippen LogP contribution in [-0.4, -0.2) is 32.3 Å². The van der Waals surface area contributed by atoms with E-state index in [0.717, 1.165) is 11.9 Å². The van der Waals surface area contributed by atoms with Crippen molar-refractivity contribution in [3.63, 3.8) is 0 Å². The minimum Gasteiger partial charge on any atom is -0.444 e. The fourth-order valence-corrected chi connectivity index (χ4v) is 2.03. The normalized spacial score (nSPS) is 13.1. The standard InChI is InChI=1S/C15H22N4O2/c1-5-11(18-14(20)21-15(2,3)4)9-19-10-17-13-12(19)7-6-8-16-13/h6-8,10-11H,5,9H2,1-4H3,(H,18,20)/t11-/m0/s1. The minimum absolute atomic E-state index is 0.0162. The Morgan fingerprint density at radius 1 is 1.43 bits per heavy atom. The summed E-state index contributed by atoms with van der Waals surface area (Å²) in [6, 6.07) is 3.83. The van der Waals surface area contributed by atoms with Crippen molar-refractivity contribution >= 4 is 17.3 Å². The fraction of sp³-hybridized carbons (Fsp3) is 0.533. The number of hydrogen-bond donors (Lipinski definition) is 1. The maximum Gasteiger partial charge on any atom is 0.407 e. The first-order valence-electron chi connectivity index (χ1n) is 7.14. The zero-order chi connectivity index (χ0) is 15.5. The van der Waals surface area contributed by atoms with E-state index >= 15 is 0 Å². The van der Waals surface area contributed by atoms with Gasteiger partial charge in [0.25, 0.3) is 0 Å². The summed E-state index contributed by atoms with van der Waals surface area (Å²) in [4.78, 5) is 20.3. The number of nitrogens with zero attached hydrogens (tertiary/aromatic N) is 3. The number of ether oxygens (including phenoxy) is 1. The van der Waals surface area contributed by atoms with Gasteiger partial charge in [-0.1, -0.05) is 6.92 Å². The molecule has 2 heterocycles. The third kappa shape index (κ3) is 4.18. The lowest BCUT2D eigenvalue weighted by atomic mass is 10.2. The van der Waals surface area contributed by atoms with Crippen LogP contribution >= 0.6 is 0 Å². The first-order valence-corrected chi connectivity index (χ1v) is 7.14. The molecule has 2 aromatic heterocycles. The Labute approximate surface area is 124 Å². The molecule has 0 aromatic carbocycles. The van der Waals surface area contributed by atoms with E-state index in [9.17, 15) is 4.79 Å². The number of pyridine rings is 1.